The van der Waals surface area contributed by atoms with Crippen LogP contribution in [0.25, 0.3) is 0 Å². The zero-order chi connectivity index (χ0) is 45.7. The molecular formula is C39H88N18O5. The van der Waals surface area contributed by atoms with Crippen molar-refractivity contribution in [2.24, 2.45) is 28.7 Å². The Hall–Kier alpha value is -3.17. The molecule has 20 N–H and O–H groups in total. The second-order valence-corrected chi connectivity index (χ2v) is 14.7. The molecule has 0 unspecified atom stereocenters. The predicted molar refractivity (Wildman–Crippen MR) is 247 cm³/mol. The van der Waals surface area contributed by atoms with Crippen LogP contribution in [0.2, 0.25) is 0 Å². The number of carbonyl (C=O) groups excluding carboxylic acids is 5. The van der Waals surface area contributed by atoms with Crippen molar-refractivity contribution in [3.05, 3.63) is 0 Å². The van der Waals surface area contributed by atoms with Gasteiger partial charge in [0.2, 0.25) is 29.5 Å². The fourth-order valence-electron chi connectivity index (χ4n) is 5.90. The van der Waals surface area contributed by atoms with Gasteiger partial charge in [0.05, 0.1) is 0 Å². The second kappa shape index (κ2) is 44.4. The van der Waals surface area contributed by atoms with Crippen molar-refractivity contribution in [2.75, 3.05) is 190 Å². The fraction of sp³-hybridized carbons (Fsp3) is 0.872. The topological polar surface area (TPSA) is 345 Å². The van der Waals surface area contributed by atoms with Crippen LogP contribution in [0.15, 0.2) is 0 Å². The Morgan fingerprint density at radius 1 is 0.258 bits per heavy atom. The van der Waals surface area contributed by atoms with Gasteiger partial charge in [-0.1, -0.05) is 0 Å². The van der Waals surface area contributed by atoms with Crippen LogP contribution in [0, 0.1) is 0 Å². The molecule has 0 saturated heterocycles. The summed E-state index contributed by atoms with van der Waals surface area (Å²) >= 11 is 0. The van der Waals surface area contributed by atoms with E-state index in [0.717, 1.165) is 0 Å². The molecule has 0 aliphatic carbocycles. The molecule has 0 saturated carbocycles. The van der Waals surface area contributed by atoms with E-state index in [2.05, 4.69) is 67.9 Å². The maximum absolute atomic E-state index is 12.9. The third kappa shape index (κ3) is 39.7. The molecule has 0 rings (SSSR count). The Labute approximate surface area is 371 Å². The summed E-state index contributed by atoms with van der Waals surface area (Å²) in [6.45, 7) is 15.8. The van der Waals surface area contributed by atoms with Crippen molar-refractivity contribution in [3.8, 4) is 0 Å². The van der Waals surface area contributed by atoms with Gasteiger partial charge < -0.3 is 96.5 Å². The smallest absolute Gasteiger partial charge is 0.221 e. The predicted octanol–water partition coefficient (Wildman–Crippen LogP) is -7.83. The summed E-state index contributed by atoms with van der Waals surface area (Å²) in [7, 11) is 0. The molecule has 0 radical (unpaired) electrons. The van der Waals surface area contributed by atoms with Crippen molar-refractivity contribution in [1.29, 1.82) is 0 Å². The Bertz CT molecular complexity index is 987. The minimum absolute atomic E-state index is 0.0799. The third-order valence-electron chi connectivity index (χ3n) is 9.47. The molecule has 0 fully saturated rings. The Morgan fingerprint density at radius 2 is 0.435 bits per heavy atom. The highest BCUT2D eigenvalue weighted by Crippen LogP contribution is 2.03. The van der Waals surface area contributed by atoms with Crippen LogP contribution in [-0.4, -0.2) is 234 Å². The lowest BCUT2D eigenvalue weighted by atomic mass is 10.2. The zero-order valence-electron chi connectivity index (χ0n) is 37.8. The van der Waals surface area contributed by atoms with Gasteiger partial charge in [-0.3, -0.25) is 24.0 Å². The number of amides is 5. The van der Waals surface area contributed by atoms with E-state index in [1.54, 1.807) is 0 Å². The highest BCUT2D eigenvalue weighted by Gasteiger charge is 2.17. The first-order chi connectivity index (χ1) is 30.2. The Morgan fingerprint density at radius 3 is 0.613 bits per heavy atom. The van der Waals surface area contributed by atoms with Crippen molar-refractivity contribution in [3.63, 3.8) is 0 Å². The molecule has 0 aromatic heterocycles. The average Bonchev–Trinajstić information content (AvgIpc) is 3.26. The van der Waals surface area contributed by atoms with E-state index in [1.165, 1.54) is 0 Å². The SMILES string of the molecule is NCCNCCNC(=O)CCN(CCC(=O)NCCNCCN)CCN(CCC(=O)NCCNCCN)CCN(CCC(=O)NCCNCCN)CCC(=O)NCCNCCN. The molecule has 0 aliphatic heterocycles. The van der Waals surface area contributed by atoms with E-state index in [9.17, 15) is 24.0 Å². The maximum atomic E-state index is 12.9. The van der Waals surface area contributed by atoms with Crippen LogP contribution in [0.5, 0.6) is 0 Å². The molecule has 23 heteroatoms. The van der Waals surface area contributed by atoms with Crippen molar-refractivity contribution in [2.45, 2.75) is 32.1 Å². The van der Waals surface area contributed by atoms with Gasteiger partial charge >= 0.3 is 0 Å². The normalized spacial score (nSPS) is 11.4. The van der Waals surface area contributed by atoms with Crippen LogP contribution in [0.1, 0.15) is 32.1 Å². The van der Waals surface area contributed by atoms with E-state index in [4.69, 9.17) is 28.7 Å². The highest BCUT2D eigenvalue weighted by molar-refractivity contribution is 5.77. The standard InChI is InChI=1S/C39H88N18O5/c40-6-11-45-16-21-50-35(58)1-26-55(27-2-36(59)51-22-17-46-12-7-41)31-33-57(30-5-39(62)54-25-20-49-15-10-44)34-32-56(28-3-37(60)52-23-18-47-13-8-42)29-4-38(61)53-24-19-48-14-9-43/h45-49H,1-34,40-44H2,(H,50,58)(H,51,59)(H,52,60)(H,53,61)(H,54,62). The number of carbonyl (C=O) groups is 5. The highest BCUT2D eigenvalue weighted by atomic mass is 16.2. The molecule has 62 heavy (non-hydrogen) atoms. The molecule has 364 valence electrons. The average molecular weight is 889 g/mol. The monoisotopic (exact) mass is 889 g/mol. The van der Waals surface area contributed by atoms with Gasteiger partial charge in [0, 0.05) is 222 Å². The fourth-order valence-corrected chi connectivity index (χ4v) is 5.90. The van der Waals surface area contributed by atoms with E-state index in [0.29, 0.717) is 190 Å². The van der Waals surface area contributed by atoms with Gasteiger partial charge in [-0.2, -0.15) is 0 Å². The molecule has 0 atom stereocenters. The first-order valence-electron chi connectivity index (χ1n) is 22.7. The lowest BCUT2D eigenvalue weighted by Crippen LogP contribution is -2.44. The summed E-state index contributed by atoms with van der Waals surface area (Å²) in [6, 6.07) is 0. The van der Waals surface area contributed by atoms with Crippen LogP contribution in [0.3, 0.4) is 0 Å². The minimum atomic E-state index is -0.0863. The van der Waals surface area contributed by atoms with E-state index >= 15 is 0 Å². The molecule has 5 amide bonds. The molecule has 23 nitrogen and oxygen atoms in total. The van der Waals surface area contributed by atoms with Crippen LogP contribution in [-0.2, 0) is 24.0 Å². The van der Waals surface area contributed by atoms with Gasteiger partial charge in [0.25, 0.3) is 0 Å². The number of hydrogen-bond donors (Lipinski definition) is 15. The molecule has 0 bridgehead atoms. The molecule has 0 aromatic carbocycles. The molecule has 0 aliphatic rings. The molecule has 0 aromatic rings. The summed E-state index contributed by atoms with van der Waals surface area (Å²) in [5.74, 6) is -0.425. The summed E-state index contributed by atoms with van der Waals surface area (Å²) < 4.78 is 0. The number of nitrogens with one attached hydrogen (secondary N) is 10. The first kappa shape index (κ1) is 58.8. The van der Waals surface area contributed by atoms with E-state index in [-0.39, 0.29) is 61.6 Å². The van der Waals surface area contributed by atoms with Crippen molar-refractivity contribution in [1.82, 2.24) is 67.9 Å². The number of nitrogens with zero attached hydrogens (tertiary/aromatic N) is 3. The zero-order valence-corrected chi connectivity index (χ0v) is 37.8. The van der Waals surface area contributed by atoms with Gasteiger partial charge in [0.1, 0.15) is 0 Å². The van der Waals surface area contributed by atoms with Crippen molar-refractivity contribution >= 4 is 29.5 Å². The van der Waals surface area contributed by atoms with Crippen LogP contribution >= 0.6 is 0 Å². The Kier molecular flexibility index (Phi) is 42.2. The second-order valence-electron chi connectivity index (χ2n) is 14.7. The maximum Gasteiger partial charge on any atom is 0.221 e. The number of rotatable bonds is 46. The largest absolute Gasteiger partial charge is 0.355 e. The summed E-state index contributed by atoms with van der Waals surface area (Å²) in [6.07, 6.45) is 1.29. The molecule has 0 heterocycles. The van der Waals surface area contributed by atoms with Crippen molar-refractivity contribution < 1.29 is 24.0 Å². The van der Waals surface area contributed by atoms with Crippen LogP contribution in [0.4, 0.5) is 0 Å². The Balaban J connectivity index is 5.84. The third-order valence-corrected chi connectivity index (χ3v) is 9.47. The van der Waals surface area contributed by atoms with Gasteiger partial charge in [-0.05, 0) is 0 Å². The van der Waals surface area contributed by atoms with E-state index < -0.39 is 0 Å². The quantitative estimate of drug-likeness (QED) is 0.0252. The number of nitrogens with two attached hydrogens (primary N) is 5. The lowest BCUT2D eigenvalue weighted by Gasteiger charge is -2.30. The van der Waals surface area contributed by atoms with Crippen LogP contribution < -0.4 is 81.8 Å². The number of hydrogen-bond acceptors (Lipinski definition) is 18. The first-order valence-corrected chi connectivity index (χ1v) is 22.7. The van der Waals surface area contributed by atoms with Gasteiger partial charge in [-0.25, -0.2) is 0 Å². The van der Waals surface area contributed by atoms with E-state index in [1.807, 2.05) is 0 Å². The van der Waals surface area contributed by atoms with Gasteiger partial charge in [0.15, 0.2) is 0 Å². The summed E-state index contributed by atoms with van der Waals surface area (Å²) in [5, 5.41) is 30.5. The minimum Gasteiger partial charge on any atom is -0.355 e. The molecular weight excluding hydrogens is 801 g/mol. The van der Waals surface area contributed by atoms with Gasteiger partial charge in [-0.15, -0.1) is 0 Å². The summed E-state index contributed by atoms with van der Waals surface area (Å²) in [5.41, 5.74) is 27.7. The summed E-state index contributed by atoms with van der Waals surface area (Å²) in [4.78, 5) is 70.4. The lowest BCUT2D eigenvalue weighted by molar-refractivity contribution is -0.123. The molecule has 0 spiro atoms.